The Labute approximate surface area is 149 Å². The number of carbonyl (C=O) groups excluding carboxylic acids is 1. The number of amides is 1. The van der Waals surface area contributed by atoms with Gasteiger partial charge in [0.2, 0.25) is 0 Å². The molecule has 0 aromatic heterocycles. The predicted octanol–water partition coefficient (Wildman–Crippen LogP) is 4.55. The molecular weight excluding hydrogens is 344 g/mol. The minimum absolute atomic E-state index is 0.191. The number of aliphatic imine (C=N–C) groups is 1. The zero-order valence-electron chi connectivity index (χ0n) is 13.1. The third-order valence-electron chi connectivity index (χ3n) is 3.50. The lowest BCUT2D eigenvalue weighted by Crippen LogP contribution is -2.19. The number of amidine groups is 1. The number of carbonyl (C=O) groups is 1. The first-order valence-corrected chi connectivity index (χ1v) is 8.47. The van der Waals surface area contributed by atoms with Crippen molar-refractivity contribution in [3.63, 3.8) is 0 Å². The topological polar surface area (TPSA) is 61.7 Å². The van der Waals surface area contributed by atoms with Crippen molar-refractivity contribution >= 4 is 46.2 Å². The van der Waals surface area contributed by atoms with E-state index in [4.69, 9.17) is 11.6 Å². The summed E-state index contributed by atoms with van der Waals surface area (Å²) in [6, 6.07) is 10.8. The summed E-state index contributed by atoms with van der Waals surface area (Å²) < 4.78 is 0. The Bertz CT molecular complexity index is 867. The first kappa shape index (κ1) is 16.6. The van der Waals surface area contributed by atoms with Crippen molar-refractivity contribution in [3.05, 3.63) is 63.0 Å². The molecule has 0 spiro atoms. The fourth-order valence-electron chi connectivity index (χ4n) is 2.37. The second kappa shape index (κ2) is 6.71. The molecule has 2 aromatic rings. The molecule has 4 nitrogen and oxygen atoms in total. The number of halogens is 1. The normalized spacial score (nSPS) is 17.5. The molecule has 0 aliphatic carbocycles. The largest absolute Gasteiger partial charge is 0.507 e. The van der Waals surface area contributed by atoms with Crippen LogP contribution in [0.5, 0.6) is 5.75 Å². The second-order valence-electron chi connectivity index (χ2n) is 5.46. The van der Waals surface area contributed by atoms with E-state index in [0.29, 0.717) is 20.8 Å². The summed E-state index contributed by atoms with van der Waals surface area (Å²) in [5.41, 5.74) is 3.10. The Morgan fingerprint density at radius 1 is 1.21 bits per heavy atom. The predicted molar refractivity (Wildman–Crippen MR) is 99.8 cm³/mol. The molecule has 122 valence electrons. The molecule has 1 heterocycles. The number of aryl methyl sites for hydroxylation is 2. The van der Waals surface area contributed by atoms with Gasteiger partial charge >= 0.3 is 0 Å². The van der Waals surface area contributed by atoms with Gasteiger partial charge in [0.05, 0.1) is 10.6 Å². The first-order valence-electron chi connectivity index (χ1n) is 7.28. The van der Waals surface area contributed by atoms with Crippen LogP contribution in [0.1, 0.15) is 16.7 Å². The van der Waals surface area contributed by atoms with Crippen molar-refractivity contribution in [2.45, 2.75) is 13.8 Å². The number of rotatable bonds is 2. The molecule has 24 heavy (non-hydrogen) atoms. The molecule has 0 bridgehead atoms. The van der Waals surface area contributed by atoms with E-state index in [2.05, 4.69) is 10.3 Å². The smallest absolute Gasteiger partial charge is 0.264 e. The van der Waals surface area contributed by atoms with E-state index < -0.39 is 0 Å². The number of hydrogen-bond donors (Lipinski definition) is 2. The van der Waals surface area contributed by atoms with E-state index in [0.717, 1.165) is 16.7 Å². The summed E-state index contributed by atoms with van der Waals surface area (Å²) in [6.45, 7) is 3.66. The molecule has 1 amide bonds. The number of thioether (sulfide) groups is 1. The van der Waals surface area contributed by atoms with Gasteiger partial charge in [-0.1, -0.05) is 17.7 Å². The Balaban J connectivity index is 1.87. The summed E-state index contributed by atoms with van der Waals surface area (Å²) >= 11 is 7.22. The highest BCUT2D eigenvalue weighted by atomic mass is 35.5. The minimum Gasteiger partial charge on any atom is -0.507 e. The van der Waals surface area contributed by atoms with Gasteiger partial charge in [0.15, 0.2) is 5.17 Å². The first-order chi connectivity index (χ1) is 11.4. The fraction of sp³-hybridized carbons (Fsp3) is 0.111. The average molecular weight is 359 g/mol. The van der Waals surface area contributed by atoms with Gasteiger partial charge < -0.3 is 10.4 Å². The van der Waals surface area contributed by atoms with Gasteiger partial charge in [-0.2, -0.15) is 0 Å². The third-order valence-corrected chi connectivity index (χ3v) is 4.65. The zero-order valence-corrected chi connectivity index (χ0v) is 14.7. The molecule has 1 aliphatic heterocycles. The van der Waals surface area contributed by atoms with Crippen LogP contribution in [-0.4, -0.2) is 16.2 Å². The van der Waals surface area contributed by atoms with Gasteiger partial charge in [-0.3, -0.25) is 4.79 Å². The molecule has 0 radical (unpaired) electrons. The molecular formula is C18H15ClN2O2S. The molecule has 6 heteroatoms. The van der Waals surface area contributed by atoms with Crippen molar-refractivity contribution in [1.82, 2.24) is 5.32 Å². The van der Waals surface area contributed by atoms with E-state index >= 15 is 0 Å². The summed E-state index contributed by atoms with van der Waals surface area (Å²) in [7, 11) is 0. The van der Waals surface area contributed by atoms with Crippen LogP contribution < -0.4 is 5.32 Å². The number of nitrogens with one attached hydrogen (secondary N) is 1. The Morgan fingerprint density at radius 2 is 1.92 bits per heavy atom. The summed E-state index contributed by atoms with van der Waals surface area (Å²) in [4.78, 5) is 17.1. The van der Waals surface area contributed by atoms with Crippen LogP contribution in [0.4, 0.5) is 5.69 Å². The number of aromatic hydroxyl groups is 1. The number of phenols is 1. The lowest BCUT2D eigenvalue weighted by Gasteiger charge is -2.05. The van der Waals surface area contributed by atoms with Crippen LogP contribution in [0.15, 0.2) is 46.3 Å². The molecule has 0 saturated carbocycles. The molecule has 2 aromatic carbocycles. The van der Waals surface area contributed by atoms with Crippen LogP contribution in [0.3, 0.4) is 0 Å². The molecule has 2 N–H and O–H groups in total. The Hall–Kier alpha value is -2.24. The van der Waals surface area contributed by atoms with Gasteiger partial charge in [-0.25, -0.2) is 4.99 Å². The number of hydrogen-bond acceptors (Lipinski definition) is 4. The van der Waals surface area contributed by atoms with Crippen molar-refractivity contribution in [2.24, 2.45) is 4.99 Å². The second-order valence-corrected chi connectivity index (χ2v) is 6.93. The lowest BCUT2D eigenvalue weighted by atomic mass is 10.1. The van der Waals surface area contributed by atoms with E-state index in [-0.39, 0.29) is 11.7 Å². The quantitative estimate of drug-likeness (QED) is 0.774. The highest BCUT2D eigenvalue weighted by molar-refractivity contribution is 8.18. The van der Waals surface area contributed by atoms with Crippen LogP contribution in [0, 0.1) is 13.8 Å². The van der Waals surface area contributed by atoms with E-state index in [1.54, 1.807) is 18.2 Å². The lowest BCUT2D eigenvalue weighted by molar-refractivity contribution is -0.115. The molecule has 1 fully saturated rings. The van der Waals surface area contributed by atoms with E-state index in [9.17, 15) is 9.90 Å². The number of phenolic OH excluding ortho intramolecular Hbond substituents is 1. The van der Waals surface area contributed by atoms with E-state index in [1.165, 1.54) is 11.8 Å². The Kier molecular flexibility index (Phi) is 4.64. The van der Waals surface area contributed by atoms with Crippen molar-refractivity contribution in [3.8, 4) is 5.75 Å². The van der Waals surface area contributed by atoms with Crippen molar-refractivity contribution in [2.75, 3.05) is 0 Å². The van der Waals surface area contributed by atoms with Gasteiger partial charge in [-0.05, 0) is 78.7 Å². The maximum absolute atomic E-state index is 12.1. The summed E-state index contributed by atoms with van der Waals surface area (Å²) in [5, 5.41) is 13.7. The van der Waals surface area contributed by atoms with E-state index in [1.807, 2.05) is 38.1 Å². The average Bonchev–Trinajstić information content (AvgIpc) is 2.84. The third kappa shape index (κ3) is 3.63. The highest BCUT2D eigenvalue weighted by Crippen LogP contribution is 2.30. The maximum Gasteiger partial charge on any atom is 0.264 e. The molecule has 3 rings (SSSR count). The number of benzene rings is 2. The minimum atomic E-state index is -0.191. The van der Waals surface area contributed by atoms with Gasteiger partial charge in [0.25, 0.3) is 5.91 Å². The highest BCUT2D eigenvalue weighted by Gasteiger charge is 2.24. The van der Waals surface area contributed by atoms with Crippen molar-refractivity contribution < 1.29 is 9.90 Å². The van der Waals surface area contributed by atoms with Gasteiger partial charge in [0.1, 0.15) is 5.75 Å². The standard InChI is InChI=1S/C18H15ClN2O2S/c1-10-6-12(7-11(2)16(10)22)8-15-17(23)21-18(24-15)20-14-5-3-4-13(19)9-14/h3-9,22H,1-2H3,(H,20,21,23)/b15-8-. The maximum atomic E-state index is 12.1. The van der Waals surface area contributed by atoms with Gasteiger partial charge in [0, 0.05) is 5.02 Å². The van der Waals surface area contributed by atoms with Gasteiger partial charge in [-0.15, -0.1) is 0 Å². The SMILES string of the molecule is Cc1cc(/C=C2\SC(=Nc3cccc(Cl)c3)NC2=O)cc(C)c1O. The number of nitrogens with zero attached hydrogens (tertiary/aromatic N) is 1. The van der Waals surface area contributed by atoms with Crippen LogP contribution in [0.25, 0.3) is 6.08 Å². The van der Waals surface area contributed by atoms with Crippen LogP contribution in [0.2, 0.25) is 5.02 Å². The van der Waals surface area contributed by atoms with Crippen LogP contribution in [-0.2, 0) is 4.79 Å². The summed E-state index contributed by atoms with van der Waals surface area (Å²) in [6.07, 6.45) is 1.79. The van der Waals surface area contributed by atoms with Crippen molar-refractivity contribution in [1.29, 1.82) is 0 Å². The molecule has 1 saturated heterocycles. The fourth-order valence-corrected chi connectivity index (χ4v) is 3.39. The molecule has 0 atom stereocenters. The summed E-state index contributed by atoms with van der Waals surface area (Å²) in [5.74, 6) is 0.0908. The Morgan fingerprint density at radius 3 is 2.58 bits per heavy atom. The van der Waals surface area contributed by atoms with Crippen LogP contribution >= 0.6 is 23.4 Å². The monoisotopic (exact) mass is 358 g/mol. The molecule has 0 unspecified atom stereocenters. The molecule has 1 aliphatic rings. The zero-order chi connectivity index (χ0) is 17.3.